The van der Waals surface area contributed by atoms with Gasteiger partial charge in [-0.2, -0.15) is 0 Å². The van der Waals surface area contributed by atoms with Crippen LogP contribution >= 0.6 is 0 Å². The Kier molecular flexibility index (Phi) is 7.14. The lowest BCUT2D eigenvalue weighted by molar-refractivity contribution is 0.669. The van der Waals surface area contributed by atoms with Crippen molar-refractivity contribution in [1.29, 1.82) is 0 Å². The van der Waals surface area contributed by atoms with E-state index in [1.165, 1.54) is 32.3 Å². The fraction of sp³-hybridized carbons (Fsp3) is 0. The molecule has 0 saturated heterocycles. The largest absolute Gasteiger partial charge is 0.455 e. The Labute approximate surface area is 317 Å². The summed E-state index contributed by atoms with van der Waals surface area (Å²) < 4.78 is 6.67. The van der Waals surface area contributed by atoms with Crippen LogP contribution in [0.5, 0.6) is 0 Å². The van der Waals surface area contributed by atoms with Gasteiger partial charge in [0.1, 0.15) is 11.2 Å². The van der Waals surface area contributed by atoms with Gasteiger partial charge in [0, 0.05) is 21.9 Å². The Morgan fingerprint density at radius 3 is 1.45 bits per heavy atom. The van der Waals surface area contributed by atoms with Crippen molar-refractivity contribution in [2.75, 3.05) is 0 Å². The molecule has 0 radical (unpaired) electrons. The Hall–Kier alpha value is -7.43. The minimum Gasteiger partial charge on any atom is -0.455 e. The zero-order valence-corrected chi connectivity index (χ0v) is 29.6. The van der Waals surface area contributed by atoms with Gasteiger partial charge in [-0.3, -0.25) is 0 Å². The molecule has 2 aromatic heterocycles. The number of hydrogen-bond acceptors (Lipinski definition) is 4. The number of nitrogens with zero attached hydrogens (tertiary/aromatic N) is 3. The van der Waals surface area contributed by atoms with Crippen molar-refractivity contribution < 1.29 is 4.42 Å². The normalized spacial score (nSPS) is 11.6. The highest BCUT2D eigenvalue weighted by atomic mass is 16.3. The minimum atomic E-state index is 0.562. The van der Waals surface area contributed by atoms with E-state index in [-0.39, 0.29) is 0 Å². The van der Waals surface area contributed by atoms with Gasteiger partial charge in [-0.05, 0) is 84.9 Å². The fourth-order valence-corrected chi connectivity index (χ4v) is 8.05. The number of furan rings is 1. The summed E-state index contributed by atoms with van der Waals surface area (Å²) >= 11 is 0. The molecule has 0 spiro atoms. The predicted molar refractivity (Wildman–Crippen MR) is 227 cm³/mol. The molecule has 0 unspecified atom stereocenters. The van der Waals surface area contributed by atoms with Gasteiger partial charge in [-0.1, -0.05) is 158 Å². The maximum Gasteiger partial charge on any atom is 0.167 e. The van der Waals surface area contributed by atoms with Crippen LogP contribution < -0.4 is 0 Å². The third-order valence-electron chi connectivity index (χ3n) is 10.7. The first-order valence-electron chi connectivity index (χ1n) is 18.5. The van der Waals surface area contributed by atoms with Crippen LogP contribution in [0.3, 0.4) is 0 Å². The van der Waals surface area contributed by atoms with Crippen molar-refractivity contribution in [3.8, 4) is 56.4 Å². The molecule has 0 aliphatic heterocycles. The van der Waals surface area contributed by atoms with E-state index >= 15 is 0 Å². The highest BCUT2D eigenvalue weighted by molar-refractivity contribution is 6.25. The van der Waals surface area contributed by atoms with Crippen molar-refractivity contribution in [3.63, 3.8) is 0 Å². The second-order valence-corrected chi connectivity index (χ2v) is 14.0. The zero-order chi connectivity index (χ0) is 36.3. The van der Waals surface area contributed by atoms with E-state index in [1.54, 1.807) is 0 Å². The first kappa shape index (κ1) is 31.1. The Balaban J connectivity index is 1.06. The minimum absolute atomic E-state index is 0.562. The summed E-state index contributed by atoms with van der Waals surface area (Å²) in [5.41, 5.74) is 8.75. The smallest absolute Gasteiger partial charge is 0.167 e. The Bertz CT molecular complexity index is 3220. The maximum atomic E-state index is 6.67. The molecule has 4 nitrogen and oxygen atoms in total. The summed E-state index contributed by atoms with van der Waals surface area (Å²) in [6.45, 7) is 0. The molecule has 0 bridgehead atoms. The number of fused-ring (bicyclic) bond motifs is 9. The fourth-order valence-electron chi connectivity index (χ4n) is 8.05. The van der Waals surface area contributed by atoms with Gasteiger partial charge >= 0.3 is 0 Å². The summed E-state index contributed by atoms with van der Waals surface area (Å²) in [7, 11) is 0. The number of aromatic nitrogens is 3. The second-order valence-electron chi connectivity index (χ2n) is 14.0. The van der Waals surface area contributed by atoms with Crippen molar-refractivity contribution in [2.24, 2.45) is 0 Å². The standard InChI is InChI=1S/C51H31N3O/c1-3-13-32(14-4-1)34-17-11-18-37(29-34)50-52-49(33-15-5-2-6-16-33)53-51(54-50)44-24-12-23-43-46-31-36(26-28-47(46)55-48(43)44)35-25-27-42-40-21-8-7-19-38(40)39-20-9-10-22-41(39)45(42)30-35/h1-31H. The van der Waals surface area contributed by atoms with Gasteiger partial charge in [-0.15, -0.1) is 0 Å². The third kappa shape index (κ3) is 5.26. The highest BCUT2D eigenvalue weighted by Gasteiger charge is 2.19. The van der Waals surface area contributed by atoms with Gasteiger partial charge in [0.25, 0.3) is 0 Å². The predicted octanol–water partition coefficient (Wildman–Crippen LogP) is 13.6. The first-order valence-corrected chi connectivity index (χ1v) is 18.5. The quantitative estimate of drug-likeness (QED) is 0.168. The molecular weight excluding hydrogens is 671 g/mol. The van der Waals surface area contributed by atoms with Crippen LogP contribution in [0.1, 0.15) is 0 Å². The van der Waals surface area contributed by atoms with E-state index < -0.39 is 0 Å². The van der Waals surface area contributed by atoms with Gasteiger partial charge in [-0.25, -0.2) is 15.0 Å². The van der Waals surface area contributed by atoms with Crippen LogP contribution in [0.15, 0.2) is 192 Å². The monoisotopic (exact) mass is 701 g/mol. The summed E-state index contributed by atoms with van der Waals surface area (Å²) in [5, 5.41) is 9.65. The van der Waals surface area contributed by atoms with E-state index in [0.29, 0.717) is 17.5 Å². The molecule has 2 heterocycles. The van der Waals surface area contributed by atoms with Gasteiger partial charge < -0.3 is 4.42 Å². The van der Waals surface area contributed by atoms with Crippen LogP contribution in [0, 0.1) is 0 Å². The lowest BCUT2D eigenvalue weighted by Gasteiger charge is -2.12. The molecule has 9 aromatic carbocycles. The molecule has 0 aliphatic carbocycles. The number of benzene rings is 9. The molecule has 0 aliphatic rings. The Morgan fingerprint density at radius 1 is 0.273 bits per heavy atom. The molecule has 4 heteroatoms. The van der Waals surface area contributed by atoms with Crippen molar-refractivity contribution in [3.05, 3.63) is 188 Å². The van der Waals surface area contributed by atoms with Gasteiger partial charge in [0.2, 0.25) is 0 Å². The summed E-state index contributed by atoms with van der Waals surface area (Å²) in [5.74, 6) is 1.78. The maximum absolute atomic E-state index is 6.67. The average Bonchev–Trinajstić information content (AvgIpc) is 3.65. The van der Waals surface area contributed by atoms with Crippen LogP contribution in [-0.2, 0) is 0 Å². The first-order chi connectivity index (χ1) is 27.2. The topological polar surface area (TPSA) is 51.8 Å². The number of para-hydroxylation sites is 1. The zero-order valence-electron chi connectivity index (χ0n) is 29.6. The van der Waals surface area contributed by atoms with E-state index in [4.69, 9.17) is 19.4 Å². The molecule has 55 heavy (non-hydrogen) atoms. The molecule has 0 fully saturated rings. The van der Waals surface area contributed by atoms with Crippen molar-refractivity contribution in [1.82, 2.24) is 15.0 Å². The van der Waals surface area contributed by atoms with Gasteiger partial charge in [0.15, 0.2) is 17.5 Å². The van der Waals surface area contributed by atoms with Crippen molar-refractivity contribution in [2.45, 2.75) is 0 Å². The van der Waals surface area contributed by atoms with E-state index in [9.17, 15) is 0 Å². The van der Waals surface area contributed by atoms with Crippen LogP contribution in [-0.4, -0.2) is 15.0 Å². The lowest BCUT2D eigenvalue weighted by atomic mass is 9.92. The molecule has 0 N–H and O–H groups in total. The molecule has 11 aromatic rings. The van der Waals surface area contributed by atoms with Crippen LogP contribution in [0.4, 0.5) is 0 Å². The lowest BCUT2D eigenvalue weighted by Crippen LogP contribution is -2.00. The summed E-state index contributed by atoms with van der Waals surface area (Å²) in [6.07, 6.45) is 0. The average molecular weight is 702 g/mol. The van der Waals surface area contributed by atoms with E-state index in [0.717, 1.165) is 60.9 Å². The molecule has 0 saturated carbocycles. The van der Waals surface area contributed by atoms with Gasteiger partial charge in [0.05, 0.1) is 5.56 Å². The molecule has 0 atom stereocenters. The van der Waals surface area contributed by atoms with Crippen molar-refractivity contribution >= 4 is 54.3 Å². The second kappa shape index (κ2) is 12.6. The number of hydrogen-bond donors (Lipinski definition) is 0. The molecule has 256 valence electrons. The summed E-state index contributed by atoms with van der Waals surface area (Å²) in [4.78, 5) is 15.2. The molecular formula is C51H31N3O. The summed E-state index contributed by atoms with van der Waals surface area (Å²) in [6, 6.07) is 65.8. The van der Waals surface area contributed by atoms with E-state index in [2.05, 4.69) is 146 Å². The Morgan fingerprint density at radius 2 is 0.745 bits per heavy atom. The molecule has 0 amide bonds. The SMILES string of the molecule is c1ccc(-c2cccc(-c3nc(-c4ccccc4)nc(-c4cccc5c4oc4ccc(-c6ccc7c8ccccc8c8ccccc8c7c6)cc45)n3)c2)cc1. The molecule has 11 rings (SSSR count). The van der Waals surface area contributed by atoms with Crippen LogP contribution in [0.2, 0.25) is 0 Å². The van der Waals surface area contributed by atoms with Crippen LogP contribution in [0.25, 0.3) is 111 Å². The number of rotatable bonds is 5. The third-order valence-corrected chi connectivity index (χ3v) is 10.7. The van der Waals surface area contributed by atoms with E-state index in [1.807, 2.05) is 42.5 Å². The highest BCUT2D eigenvalue weighted by Crippen LogP contribution is 2.40.